The van der Waals surface area contributed by atoms with E-state index in [4.69, 9.17) is 4.74 Å². The molecule has 3 heterocycles. The number of aromatic nitrogens is 2. The second kappa shape index (κ2) is 5.79. The van der Waals surface area contributed by atoms with Gasteiger partial charge in [0.05, 0.1) is 29.1 Å². The second-order valence-corrected chi connectivity index (χ2v) is 6.54. The Morgan fingerprint density at radius 3 is 2.91 bits per heavy atom. The summed E-state index contributed by atoms with van der Waals surface area (Å²) < 4.78 is 7.38. The van der Waals surface area contributed by atoms with Crippen LogP contribution in [0.3, 0.4) is 0 Å². The number of rotatable bonds is 3. The quantitative estimate of drug-likeness (QED) is 0.548. The number of thiazole rings is 1. The Hall–Kier alpha value is -2.18. The molecule has 0 aliphatic carbocycles. The highest BCUT2D eigenvalue weighted by molar-refractivity contribution is 7.19. The summed E-state index contributed by atoms with van der Waals surface area (Å²) in [5.41, 5.74) is 2.97. The fourth-order valence-corrected chi connectivity index (χ4v) is 3.93. The normalized spacial score (nSPS) is 16.0. The summed E-state index contributed by atoms with van der Waals surface area (Å²) in [4.78, 5) is 20.9. The summed E-state index contributed by atoms with van der Waals surface area (Å²) in [6.45, 7) is 5.09. The molecule has 1 aliphatic rings. The Morgan fingerprint density at radius 2 is 2.09 bits per heavy atom. The molecule has 23 heavy (non-hydrogen) atoms. The summed E-state index contributed by atoms with van der Waals surface area (Å²) in [7, 11) is 0. The molecular weight excluding hydrogens is 310 g/mol. The molecule has 4 rings (SSSR count). The van der Waals surface area contributed by atoms with Gasteiger partial charge in [-0.15, -0.1) is 0 Å². The number of allylic oxidation sites excluding steroid dienone is 1. The lowest BCUT2D eigenvalue weighted by Gasteiger charge is -2.24. The summed E-state index contributed by atoms with van der Waals surface area (Å²) >= 11 is 1.45. The fourth-order valence-electron chi connectivity index (χ4n) is 2.87. The predicted octanol–water partition coefficient (Wildman–Crippen LogP) is 2.89. The van der Waals surface area contributed by atoms with Gasteiger partial charge in [-0.2, -0.15) is 0 Å². The summed E-state index contributed by atoms with van der Waals surface area (Å²) in [6, 6.07) is 8.00. The maximum absolute atomic E-state index is 12.5. The van der Waals surface area contributed by atoms with Crippen molar-refractivity contribution in [2.24, 2.45) is 0 Å². The molecule has 6 heteroatoms. The van der Waals surface area contributed by atoms with E-state index in [1.54, 1.807) is 6.08 Å². The zero-order valence-electron chi connectivity index (χ0n) is 12.9. The number of imidazole rings is 1. The first-order valence-electron chi connectivity index (χ1n) is 7.65. The molecule has 1 aromatic carbocycles. The number of fused-ring (bicyclic) bond motifs is 3. The molecule has 3 aromatic rings. The van der Waals surface area contributed by atoms with Gasteiger partial charge in [0.25, 0.3) is 0 Å². The molecule has 0 saturated carbocycles. The number of nitrogens with zero attached hydrogens (tertiary/aromatic N) is 3. The van der Waals surface area contributed by atoms with Crippen LogP contribution < -0.4 is 0 Å². The van der Waals surface area contributed by atoms with E-state index in [1.807, 2.05) is 37.4 Å². The fraction of sp³-hybridized carbons (Fsp3) is 0.294. The summed E-state index contributed by atoms with van der Waals surface area (Å²) in [5.74, 6) is 0.0357. The molecule has 0 N–H and O–H groups in total. The lowest BCUT2D eigenvalue weighted by molar-refractivity contribution is 0.0591. The van der Waals surface area contributed by atoms with Crippen molar-refractivity contribution >= 4 is 33.1 Å². The predicted molar refractivity (Wildman–Crippen MR) is 91.2 cm³/mol. The van der Waals surface area contributed by atoms with Crippen LogP contribution in [-0.4, -0.2) is 46.4 Å². The lowest BCUT2D eigenvalue weighted by Crippen LogP contribution is -2.32. The van der Waals surface area contributed by atoms with E-state index in [1.165, 1.54) is 11.3 Å². The highest BCUT2D eigenvalue weighted by Crippen LogP contribution is 2.28. The molecule has 0 unspecified atom stereocenters. The van der Waals surface area contributed by atoms with E-state index < -0.39 is 0 Å². The number of para-hydroxylation sites is 2. The van der Waals surface area contributed by atoms with Crippen LogP contribution in [0.4, 0.5) is 0 Å². The van der Waals surface area contributed by atoms with Gasteiger partial charge in [-0.05, 0) is 19.1 Å². The minimum absolute atomic E-state index is 0.0357. The molecule has 5 nitrogen and oxygen atoms in total. The van der Waals surface area contributed by atoms with Crippen molar-refractivity contribution in [2.45, 2.75) is 6.92 Å². The molecule has 0 spiro atoms. The van der Waals surface area contributed by atoms with Crippen molar-refractivity contribution in [2.75, 3.05) is 26.3 Å². The van der Waals surface area contributed by atoms with E-state index in [0.29, 0.717) is 0 Å². The summed E-state index contributed by atoms with van der Waals surface area (Å²) in [6.07, 6.45) is 3.54. The van der Waals surface area contributed by atoms with E-state index in [-0.39, 0.29) is 5.78 Å². The van der Waals surface area contributed by atoms with Crippen molar-refractivity contribution < 1.29 is 9.53 Å². The molecule has 1 saturated heterocycles. The van der Waals surface area contributed by atoms with Crippen LogP contribution in [0.5, 0.6) is 0 Å². The second-order valence-electron chi connectivity index (χ2n) is 5.56. The SMILES string of the molecule is Cc1c(C(=O)/C=C/N2CCOCC2)sc2nc3ccccc3n12. The van der Waals surface area contributed by atoms with Gasteiger partial charge in [-0.3, -0.25) is 9.20 Å². The van der Waals surface area contributed by atoms with E-state index >= 15 is 0 Å². The Balaban J connectivity index is 1.67. The van der Waals surface area contributed by atoms with E-state index in [9.17, 15) is 4.79 Å². The molecular formula is C17H17N3O2S. The minimum atomic E-state index is 0.0357. The first-order valence-corrected chi connectivity index (χ1v) is 8.46. The number of benzene rings is 1. The number of hydrogen-bond donors (Lipinski definition) is 0. The monoisotopic (exact) mass is 327 g/mol. The zero-order chi connectivity index (χ0) is 15.8. The highest BCUT2D eigenvalue weighted by atomic mass is 32.1. The topological polar surface area (TPSA) is 46.8 Å². The van der Waals surface area contributed by atoms with Crippen molar-refractivity contribution in [1.29, 1.82) is 0 Å². The van der Waals surface area contributed by atoms with Gasteiger partial charge in [0.1, 0.15) is 0 Å². The minimum Gasteiger partial charge on any atom is -0.378 e. The van der Waals surface area contributed by atoms with Crippen molar-refractivity contribution in [1.82, 2.24) is 14.3 Å². The largest absolute Gasteiger partial charge is 0.378 e. The van der Waals surface area contributed by atoms with Gasteiger partial charge >= 0.3 is 0 Å². The molecule has 1 fully saturated rings. The van der Waals surface area contributed by atoms with Gasteiger partial charge in [-0.1, -0.05) is 23.5 Å². The third-order valence-corrected chi connectivity index (χ3v) is 5.25. The lowest BCUT2D eigenvalue weighted by atomic mass is 10.2. The van der Waals surface area contributed by atoms with E-state index in [2.05, 4.69) is 14.3 Å². The summed E-state index contributed by atoms with van der Waals surface area (Å²) in [5, 5.41) is 0. The van der Waals surface area contributed by atoms with Gasteiger partial charge < -0.3 is 9.64 Å². The van der Waals surface area contributed by atoms with Crippen LogP contribution >= 0.6 is 11.3 Å². The number of carbonyl (C=O) groups excluding carboxylic acids is 1. The Morgan fingerprint density at radius 1 is 1.30 bits per heavy atom. The number of ketones is 1. The van der Waals surface area contributed by atoms with Crippen LogP contribution in [0, 0.1) is 6.92 Å². The smallest absolute Gasteiger partial charge is 0.199 e. The van der Waals surface area contributed by atoms with Crippen molar-refractivity contribution in [3.8, 4) is 0 Å². The number of ether oxygens (including phenoxy) is 1. The number of morpholine rings is 1. The van der Waals surface area contributed by atoms with Crippen molar-refractivity contribution in [3.05, 3.63) is 47.1 Å². The highest BCUT2D eigenvalue weighted by Gasteiger charge is 2.17. The number of aryl methyl sites for hydroxylation is 1. The van der Waals surface area contributed by atoms with Crippen LogP contribution in [-0.2, 0) is 4.74 Å². The van der Waals surface area contributed by atoms with Crippen LogP contribution in [0.25, 0.3) is 16.0 Å². The third kappa shape index (κ3) is 2.54. The third-order valence-electron chi connectivity index (χ3n) is 4.09. The molecule has 0 radical (unpaired) electrons. The van der Waals surface area contributed by atoms with Gasteiger partial charge in [0.15, 0.2) is 10.7 Å². The molecule has 0 atom stereocenters. The Labute approximate surface area is 137 Å². The Bertz CT molecular complexity index is 903. The zero-order valence-corrected chi connectivity index (χ0v) is 13.7. The number of hydrogen-bond acceptors (Lipinski definition) is 5. The molecule has 118 valence electrons. The van der Waals surface area contributed by atoms with Gasteiger partial charge in [-0.25, -0.2) is 4.98 Å². The van der Waals surface area contributed by atoms with Crippen LogP contribution in [0.1, 0.15) is 15.4 Å². The van der Waals surface area contributed by atoms with Gasteiger partial charge in [0.2, 0.25) is 0 Å². The molecule has 0 amide bonds. The van der Waals surface area contributed by atoms with Gasteiger partial charge in [0, 0.05) is 31.1 Å². The van der Waals surface area contributed by atoms with Crippen molar-refractivity contribution in [3.63, 3.8) is 0 Å². The molecule has 1 aliphatic heterocycles. The average molecular weight is 327 g/mol. The maximum atomic E-state index is 12.5. The molecule has 0 bridgehead atoms. The average Bonchev–Trinajstić information content (AvgIpc) is 3.10. The standard InChI is InChI=1S/C17H17N3O2S/c1-12-16(15(21)6-7-19-8-10-22-11-9-19)23-17-18-13-4-2-3-5-14(13)20(12)17/h2-7H,8-11H2,1H3/b7-6+. The Kier molecular flexibility index (Phi) is 3.63. The number of carbonyl (C=O) groups is 1. The van der Waals surface area contributed by atoms with E-state index in [0.717, 1.165) is 52.9 Å². The van der Waals surface area contributed by atoms with Crippen LogP contribution in [0.2, 0.25) is 0 Å². The molecule has 2 aromatic heterocycles. The van der Waals surface area contributed by atoms with Crippen LogP contribution in [0.15, 0.2) is 36.5 Å². The maximum Gasteiger partial charge on any atom is 0.199 e. The first kappa shape index (κ1) is 14.4. The first-order chi connectivity index (χ1) is 11.2.